The van der Waals surface area contributed by atoms with E-state index in [9.17, 15) is 9.59 Å². The molecular formula is C50H58F4N12O2. The number of nitrogens with zero attached hydrogens (tertiary/aromatic N) is 10. The molecule has 4 aromatic heterocycles. The Labute approximate surface area is 393 Å². The van der Waals surface area contributed by atoms with Gasteiger partial charge < -0.3 is 19.8 Å². The van der Waals surface area contributed by atoms with E-state index in [1.165, 1.54) is 24.5 Å². The third kappa shape index (κ3) is 8.22. The minimum atomic E-state index is -1.01. The van der Waals surface area contributed by atoms with E-state index in [1.54, 1.807) is 28.9 Å². The molecule has 1 unspecified atom stereocenters. The quantitative estimate of drug-likeness (QED) is 0.100. The van der Waals surface area contributed by atoms with Crippen LogP contribution in [0.2, 0.25) is 0 Å². The van der Waals surface area contributed by atoms with Crippen molar-refractivity contribution in [2.75, 3.05) is 26.2 Å². The number of amides is 2. The van der Waals surface area contributed by atoms with E-state index in [4.69, 9.17) is 10.2 Å². The van der Waals surface area contributed by atoms with Gasteiger partial charge in [-0.25, -0.2) is 17.6 Å². The zero-order valence-electron chi connectivity index (χ0n) is 40.0. The maximum atomic E-state index is 17.9. The highest BCUT2D eigenvalue weighted by atomic mass is 19.1. The molecule has 0 spiro atoms. The molecule has 0 aliphatic heterocycles. The molecule has 2 aliphatic carbocycles. The van der Waals surface area contributed by atoms with Gasteiger partial charge in [0.15, 0.2) is 0 Å². The number of aryl methyl sites for hydroxylation is 1. The standard InChI is InChI=1S/C50H58F4N12O2/c1-10-30-18-19-49(26(4)5,23-65(11-2)47(67)45-55-25-56-63-45)44-33(30)21-39(60-62-44)41-37(53)17-16-31(42(41)54)34-22-50(27(6)7,24-66(12-3)48(68)46-57-29(9)58-64-46)43-32(28(34)8)20-38(59-61-43)40-35(51)14-13-15-36(40)52/h13-17,20-21,25-28,30,34H,10-12,18-19,22-24H2,1-9H3,(H,55,56,63)(H,57,58,64)/t28-,30+,34?,49-,50-/m1/s1. The summed E-state index contributed by atoms with van der Waals surface area (Å²) in [4.78, 5) is 36.8. The van der Waals surface area contributed by atoms with Crippen molar-refractivity contribution in [2.45, 2.75) is 117 Å². The van der Waals surface area contributed by atoms with Gasteiger partial charge in [-0.1, -0.05) is 53.7 Å². The van der Waals surface area contributed by atoms with Crippen molar-refractivity contribution in [1.29, 1.82) is 0 Å². The van der Waals surface area contributed by atoms with E-state index in [1.807, 2.05) is 34.6 Å². The molecule has 2 aliphatic rings. The summed E-state index contributed by atoms with van der Waals surface area (Å²) in [7, 11) is 0. The fourth-order valence-corrected chi connectivity index (χ4v) is 10.8. The van der Waals surface area contributed by atoms with Gasteiger partial charge in [-0.2, -0.15) is 20.4 Å². The molecule has 0 bridgehead atoms. The van der Waals surface area contributed by atoms with Crippen LogP contribution in [0.5, 0.6) is 0 Å². The van der Waals surface area contributed by atoms with Crippen molar-refractivity contribution < 1.29 is 27.2 Å². The number of aromatic nitrogens is 10. The van der Waals surface area contributed by atoms with Crippen LogP contribution in [0.1, 0.15) is 154 Å². The third-order valence-electron chi connectivity index (χ3n) is 15.1. The second-order valence-corrected chi connectivity index (χ2v) is 19.1. The van der Waals surface area contributed by atoms with Gasteiger partial charge in [0.2, 0.25) is 11.6 Å². The monoisotopic (exact) mass is 934 g/mol. The van der Waals surface area contributed by atoms with Crippen LogP contribution in [-0.4, -0.2) is 98.6 Å². The predicted molar refractivity (Wildman–Crippen MR) is 246 cm³/mol. The first kappa shape index (κ1) is 48.0. The largest absolute Gasteiger partial charge is 0.335 e. The molecule has 68 heavy (non-hydrogen) atoms. The lowest BCUT2D eigenvalue weighted by molar-refractivity contribution is 0.0644. The Morgan fingerprint density at radius 3 is 1.88 bits per heavy atom. The molecule has 2 amide bonds. The van der Waals surface area contributed by atoms with Gasteiger partial charge in [-0.15, -0.1) is 20.4 Å². The van der Waals surface area contributed by atoms with Gasteiger partial charge >= 0.3 is 0 Å². The average Bonchev–Trinajstić information content (AvgIpc) is 4.03. The summed E-state index contributed by atoms with van der Waals surface area (Å²) in [6, 6.07) is 9.63. The van der Waals surface area contributed by atoms with Crippen molar-refractivity contribution in [1.82, 2.24) is 60.6 Å². The minimum Gasteiger partial charge on any atom is -0.335 e. The Kier molecular flexibility index (Phi) is 13.3. The van der Waals surface area contributed by atoms with Crippen molar-refractivity contribution in [3.63, 3.8) is 0 Å². The van der Waals surface area contributed by atoms with Crippen molar-refractivity contribution >= 4 is 11.8 Å². The minimum absolute atomic E-state index is 0.00310. The lowest BCUT2D eigenvalue weighted by Crippen LogP contribution is -2.51. The average molecular weight is 935 g/mol. The van der Waals surface area contributed by atoms with Gasteiger partial charge in [-0.05, 0) is 123 Å². The molecular weight excluding hydrogens is 877 g/mol. The van der Waals surface area contributed by atoms with E-state index in [-0.39, 0.29) is 82.9 Å². The van der Waals surface area contributed by atoms with Gasteiger partial charge in [0, 0.05) is 37.0 Å². The molecule has 5 atom stereocenters. The van der Waals surface area contributed by atoms with Crippen molar-refractivity contribution in [3.05, 3.63) is 118 Å². The molecule has 18 heteroatoms. The van der Waals surface area contributed by atoms with Crippen LogP contribution in [0.3, 0.4) is 0 Å². The lowest BCUT2D eigenvalue weighted by atomic mass is 9.58. The highest BCUT2D eigenvalue weighted by Gasteiger charge is 2.51. The molecule has 0 saturated carbocycles. The second-order valence-electron chi connectivity index (χ2n) is 19.1. The predicted octanol–water partition coefficient (Wildman–Crippen LogP) is 9.39. The van der Waals surface area contributed by atoms with Crippen molar-refractivity contribution in [2.24, 2.45) is 11.8 Å². The Bertz CT molecular complexity index is 2810. The van der Waals surface area contributed by atoms with E-state index >= 15 is 17.6 Å². The highest BCUT2D eigenvalue weighted by Crippen LogP contribution is 2.55. The molecule has 0 saturated heterocycles. The maximum absolute atomic E-state index is 17.9. The van der Waals surface area contributed by atoms with Gasteiger partial charge in [0.05, 0.1) is 33.9 Å². The summed E-state index contributed by atoms with van der Waals surface area (Å²) >= 11 is 0. The third-order valence-corrected chi connectivity index (χ3v) is 15.1. The Balaban J connectivity index is 1.26. The molecule has 358 valence electrons. The highest BCUT2D eigenvalue weighted by molar-refractivity contribution is 5.91. The number of benzene rings is 2. The number of likely N-dealkylation sites (N-methyl/N-ethyl adjacent to an activating group) is 2. The number of hydrogen-bond donors (Lipinski definition) is 2. The summed E-state index contributed by atoms with van der Waals surface area (Å²) in [6.45, 7) is 18.6. The number of fused-ring (bicyclic) bond motifs is 2. The molecule has 2 aromatic carbocycles. The fourth-order valence-electron chi connectivity index (χ4n) is 10.8. The summed E-state index contributed by atoms with van der Waals surface area (Å²) in [5.41, 5.74) is 0.508. The normalized spacial score (nSPS) is 21.2. The van der Waals surface area contributed by atoms with Crippen LogP contribution in [0.15, 0.2) is 48.8 Å². The molecule has 0 radical (unpaired) electrons. The number of hydrogen-bond acceptors (Lipinski definition) is 10. The fraction of sp³-hybridized carbons (Fsp3) is 0.480. The SMILES string of the molecule is CC[C@H]1CC[C@@](CN(CC)C(=O)c2nnc[nH]2)(C(C)C)c2nnc(-c3c(F)ccc(C4C[C@@](CN(CC)C(=O)c5nnc(C)[nH]5)(C(C)C)c5nnc(-c6c(F)cccc6F)cc5[C@H]4C)c3F)cc21. The number of carbonyl (C=O) groups is 2. The summed E-state index contributed by atoms with van der Waals surface area (Å²) in [5.74, 6) is -4.76. The van der Waals surface area contributed by atoms with Gasteiger partial charge in [0.25, 0.3) is 11.8 Å². The molecule has 2 N–H and O–H groups in total. The number of H-pyrrole nitrogens is 2. The maximum Gasteiger partial charge on any atom is 0.291 e. The smallest absolute Gasteiger partial charge is 0.291 e. The van der Waals surface area contributed by atoms with E-state index in [2.05, 4.69) is 61.3 Å². The first-order valence-electron chi connectivity index (χ1n) is 23.5. The summed E-state index contributed by atoms with van der Waals surface area (Å²) in [6.07, 6.45) is 3.83. The van der Waals surface area contributed by atoms with Crippen LogP contribution in [0.25, 0.3) is 22.5 Å². The molecule has 0 fully saturated rings. The topological polar surface area (TPSA) is 175 Å². The zero-order chi connectivity index (χ0) is 48.8. The molecule has 6 aromatic rings. The number of halogens is 4. The van der Waals surface area contributed by atoms with Crippen LogP contribution >= 0.6 is 0 Å². The van der Waals surface area contributed by atoms with Crippen LogP contribution in [0.4, 0.5) is 17.6 Å². The number of nitrogens with one attached hydrogen (secondary N) is 2. The van der Waals surface area contributed by atoms with Crippen molar-refractivity contribution in [3.8, 4) is 22.5 Å². The first-order valence-corrected chi connectivity index (χ1v) is 23.5. The van der Waals surface area contributed by atoms with Crippen LogP contribution in [-0.2, 0) is 10.8 Å². The van der Waals surface area contributed by atoms with Gasteiger partial charge in [-0.3, -0.25) is 9.59 Å². The first-order chi connectivity index (χ1) is 32.5. The lowest BCUT2D eigenvalue weighted by Gasteiger charge is -2.48. The van der Waals surface area contributed by atoms with E-state index < -0.39 is 51.8 Å². The molecule has 14 nitrogen and oxygen atoms in total. The van der Waals surface area contributed by atoms with Crippen LogP contribution in [0, 0.1) is 42.0 Å². The van der Waals surface area contributed by atoms with E-state index in [0.717, 1.165) is 37.0 Å². The number of rotatable bonds is 14. The van der Waals surface area contributed by atoms with Crippen LogP contribution < -0.4 is 0 Å². The summed E-state index contributed by atoms with van der Waals surface area (Å²) in [5, 5.41) is 34.4. The van der Waals surface area contributed by atoms with Gasteiger partial charge in [0.1, 0.15) is 35.4 Å². The zero-order valence-corrected chi connectivity index (χ0v) is 40.0. The summed E-state index contributed by atoms with van der Waals surface area (Å²) < 4.78 is 65.1. The Morgan fingerprint density at radius 2 is 1.31 bits per heavy atom. The molecule has 8 rings (SSSR count). The number of aromatic amines is 2. The Morgan fingerprint density at radius 1 is 0.721 bits per heavy atom. The second kappa shape index (κ2) is 18.9. The number of carbonyl (C=O) groups excluding carboxylic acids is 2. The Hall–Kier alpha value is -6.46. The van der Waals surface area contributed by atoms with E-state index in [0.29, 0.717) is 35.9 Å². The molecule has 4 heterocycles.